The molecular weight excluding hydrogens is 1050 g/mol. The number of hydrogen-bond donors (Lipinski definition) is 8. The fourth-order valence-corrected chi connectivity index (χ4v) is 8.45. The fourth-order valence-electron chi connectivity index (χ4n) is 8.45. The topological polar surface area (TPSA) is 180 Å². The Kier molecular flexibility index (Phi) is 124. The predicted octanol–water partition coefficient (Wildman–Crippen LogP) is 20.7. The summed E-state index contributed by atoms with van der Waals surface area (Å²) < 4.78 is 10.5. The Bertz CT molecular complexity index is 890. The van der Waals surface area contributed by atoms with E-state index in [4.69, 9.17) is 50.3 Å². The molecule has 520 valence electrons. The highest BCUT2D eigenvalue weighted by atomic mass is 16.5. The summed E-state index contributed by atoms with van der Waals surface area (Å²) in [6, 6.07) is 0. The minimum Gasteiger partial charge on any atom is -0.396 e. The zero-order valence-corrected chi connectivity index (χ0v) is 59.8. The van der Waals surface area contributed by atoms with Crippen molar-refractivity contribution in [2.45, 2.75) is 385 Å². The lowest BCUT2D eigenvalue weighted by Gasteiger charge is -2.17. The Morgan fingerprint density at radius 3 is 0.667 bits per heavy atom. The maximum atomic E-state index is 8.57. The van der Waals surface area contributed by atoms with Crippen LogP contribution < -0.4 is 0 Å². The van der Waals surface area contributed by atoms with Gasteiger partial charge in [0, 0.05) is 52.9 Å². The van der Waals surface area contributed by atoms with Gasteiger partial charge in [0.2, 0.25) is 0 Å². The molecule has 0 aromatic rings. The summed E-state index contributed by atoms with van der Waals surface area (Å²) in [6.45, 7) is 32.0. The lowest BCUT2D eigenvalue weighted by Crippen LogP contribution is -2.07. The summed E-state index contributed by atoms with van der Waals surface area (Å²) in [5.41, 5.74) is 0.468. The molecule has 0 aliphatic heterocycles. The highest BCUT2D eigenvalue weighted by molar-refractivity contribution is 4.60. The molecule has 0 radical (unpaired) electrons. The molecule has 0 saturated heterocycles. The Morgan fingerprint density at radius 2 is 0.429 bits per heavy atom. The van der Waals surface area contributed by atoms with Crippen molar-refractivity contribution in [1.82, 2.24) is 0 Å². The van der Waals surface area contributed by atoms with E-state index in [-0.39, 0.29) is 6.61 Å². The first-order valence-corrected chi connectivity index (χ1v) is 36.7. The second-order valence-corrected chi connectivity index (χ2v) is 25.5. The van der Waals surface area contributed by atoms with Gasteiger partial charge in [-0.05, 0) is 75.0 Å². The van der Waals surface area contributed by atoms with Crippen LogP contribution in [-0.2, 0) is 9.47 Å². The van der Waals surface area contributed by atoms with Gasteiger partial charge in [-0.2, -0.15) is 0 Å². The van der Waals surface area contributed by atoms with Crippen molar-refractivity contribution in [1.29, 1.82) is 0 Å². The van der Waals surface area contributed by atoms with Crippen LogP contribution in [0.5, 0.6) is 0 Å². The van der Waals surface area contributed by atoms with E-state index in [1.165, 1.54) is 250 Å². The second-order valence-electron chi connectivity index (χ2n) is 25.5. The van der Waals surface area contributed by atoms with E-state index in [1.54, 1.807) is 0 Å². The molecule has 0 aromatic carbocycles. The van der Waals surface area contributed by atoms with Crippen LogP contribution >= 0.6 is 0 Å². The maximum absolute atomic E-state index is 8.57. The molecule has 0 bridgehead atoms. The maximum Gasteiger partial charge on any atom is 0.0701 e. The van der Waals surface area contributed by atoms with Crippen molar-refractivity contribution >= 4 is 0 Å². The number of rotatable bonds is 55. The summed E-state index contributed by atoms with van der Waals surface area (Å²) in [5, 5.41) is 67.6. The minimum atomic E-state index is 0.0950. The van der Waals surface area contributed by atoms with Crippen LogP contribution in [0.15, 0.2) is 0 Å². The van der Waals surface area contributed by atoms with Gasteiger partial charge in [0.1, 0.15) is 0 Å². The van der Waals surface area contributed by atoms with E-state index in [0.717, 1.165) is 69.8 Å². The van der Waals surface area contributed by atoms with Gasteiger partial charge in [0.15, 0.2) is 0 Å². The minimum absolute atomic E-state index is 0.0950. The van der Waals surface area contributed by atoms with Gasteiger partial charge in [-0.3, -0.25) is 0 Å². The van der Waals surface area contributed by atoms with Gasteiger partial charge in [0.25, 0.3) is 0 Å². The van der Waals surface area contributed by atoms with Gasteiger partial charge >= 0.3 is 0 Å². The average Bonchev–Trinajstić information content (AvgIpc) is 3.47. The molecule has 0 spiro atoms. The Hall–Kier alpha value is -0.400. The normalized spacial score (nSPS) is 10.6. The summed E-state index contributed by atoms with van der Waals surface area (Å²) in [6.07, 6.45) is 59.2. The standard InChI is InChI=1S/C13H28O3.C12H26O.3C9H20O.C8H18O.2C7H16O/c1-2-3-4-5-6-7-8-10-15-12-13-16-11-9-14;1-2-3-4-5-6-7-8-9-10-11-12-13;1-9(2,3)7-5-4-6-8-10;1-9(2)7-5-3-4-6-8-10;1-2-3-4-5-6-7-8-9-10;1-2-3-4-5-6-7-8-9;1-7(2)5-3-4-6-8;1-2-3-4-5-6-7-8/h14H,2-13H2,1H3;13H,2-12H2,1H3;10H,4-8H2,1-3H3;9-10H,3-8H2,1-2H3;10H,2-9H2,1H3;9H,2-8H2,1H3;7-8H,3-6H2,1-2H3;8H,2-7H2,1H3. The third kappa shape index (κ3) is 149. The molecule has 0 heterocycles. The summed E-state index contributed by atoms with van der Waals surface area (Å²) in [4.78, 5) is 0. The molecule has 0 aliphatic rings. The molecule has 0 rings (SSSR count). The van der Waals surface area contributed by atoms with Gasteiger partial charge in [-0.25, -0.2) is 0 Å². The van der Waals surface area contributed by atoms with Gasteiger partial charge in [-0.1, -0.05) is 327 Å². The molecule has 0 amide bonds. The first kappa shape index (κ1) is 99.8. The van der Waals surface area contributed by atoms with Crippen LogP contribution in [0, 0.1) is 17.3 Å². The Morgan fingerprint density at radius 1 is 0.226 bits per heavy atom. The number of hydrogen-bond acceptors (Lipinski definition) is 10. The first-order chi connectivity index (χ1) is 40.7. The first-order valence-electron chi connectivity index (χ1n) is 36.7. The van der Waals surface area contributed by atoms with E-state index in [0.29, 0.717) is 71.5 Å². The quantitative estimate of drug-likeness (QED) is 0.0273. The number of aliphatic hydroxyl groups is 8. The molecule has 84 heavy (non-hydrogen) atoms. The van der Waals surface area contributed by atoms with Crippen molar-refractivity contribution in [2.75, 3.05) is 79.3 Å². The van der Waals surface area contributed by atoms with E-state index < -0.39 is 0 Å². The van der Waals surface area contributed by atoms with Crippen LogP contribution in [0.2, 0.25) is 0 Å². The van der Waals surface area contributed by atoms with Crippen molar-refractivity contribution < 1.29 is 50.3 Å². The van der Waals surface area contributed by atoms with Crippen LogP contribution in [-0.4, -0.2) is 120 Å². The SMILES string of the molecule is CC(C)(C)CCCCCO.CC(C)CCCCCCO.CC(C)CCCCO.CCCCCCCCCCCCO.CCCCCCCCCO.CCCCCCCCCOCCOCCO.CCCCCCCCO.CCCCCCCO. The lowest BCUT2D eigenvalue weighted by atomic mass is 9.89. The second kappa shape index (κ2) is 104. The van der Waals surface area contributed by atoms with E-state index >= 15 is 0 Å². The largest absolute Gasteiger partial charge is 0.396 e. The van der Waals surface area contributed by atoms with Crippen molar-refractivity contribution in [2.24, 2.45) is 17.3 Å². The van der Waals surface area contributed by atoms with Gasteiger partial charge in [-0.15, -0.1) is 0 Å². The van der Waals surface area contributed by atoms with Crippen molar-refractivity contribution in [3.63, 3.8) is 0 Å². The zero-order chi connectivity index (χ0) is 64.8. The van der Waals surface area contributed by atoms with Crippen molar-refractivity contribution in [3.8, 4) is 0 Å². The zero-order valence-electron chi connectivity index (χ0n) is 59.8. The Labute approximate surface area is 529 Å². The molecule has 10 heteroatoms. The van der Waals surface area contributed by atoms with Crippen LogP contribution in [0.25, 0.3) is 0 Å². The number of aliphatic hydroxyl groups excluding tert-OH is 8. The highest BCUT2D eigenvalue weighted by Crippen LogP contribution is 2.22. The summed E-state index contributed by atoms with van der Waals surface area (Å²) in [7, 11) is 0. The smallest absolute Gasteiger partial charge is 0.0701 e. The van der Waals surface area contributed by atoms with Crippen LogP contribution in [0.4, 0.5) is 0 Å². The highest BCUT2D eigenvalue weighted by Gasteiger charge is 2.08. The molecule has 0 atom stereocenters. The average molecular weight is 1210 g/mol. The molecule has 0 aliphatic carbocycles. The third-order valence-corrected chi connectivity index (χ3v) is 14.0. The van der Waals surface area contributed by atoms with Gasteiger partial charge < -0.3 is 50.3 Å². The van der Waals surface area contributed by atoms with Gasteiger partial charge in [0.05, 0.1) is 26.4 Å². The van der Waals surface area contributed by atoms with Crippen molar-refractivity contribution in [3.05, 3.63) is 0 Å². The molecular formula is C74H164O10. The molecule has 10 nitrogen and oxygen atoms in total. The molecule has 0 aromatic heterocycles. The van der Waals surface area contributed by atoms with E-state index in [9.17, 15) is 0 Å². The lowest BCUT2D eigenvalue weighted by molar-refractivity contribution is 0.0321. The number of ether oxygens (including phenoxy) is 2. The fraction of sp³-hybridized carbons (Fsp3) is 1.00. The summed E-state index contributed by atoms with van der Waals surface area (Å²) >= 11 is 0. The molecule has 8 N–H and O–H groups in total. The molecule has 0 saturated carbocycles. The number of unbranched alkanes of at least 4 members (excludes halogenated alkanes) is 36. The Balaban J connectivity index is -0.000000132. The third-order valence-electron chi connectivity index (χ3n) is 14.0. The monoisotopic (exact) mass is 1210 g/mol. The molecule has 0 fully saturated rings. The molecule has 0 unspecified atom stereocenters. The predicted molar refractivity (Wildman–Crippen MR) is 373 cm³/mol. The van der Waals surface area contributed by atoms with Crippen LogP contribution in [0.1, 0.15) is 385 Å². The van der Waals surface area contributed by atoms with E-state index in [2.05, 4.69) is 83.1 Å². The van der Waals surface area contributed by atoms with Crippen LogP contribution in [0.3, 0.4) is 0 Å². The summed E-state index contributed by atoms with van der Waals surface area (Å²) in [5.74, 6) is 1.63. The van der Waals surface area contributed by atoms with E-state index in [1.807, 2.05) is 0 Å².